The van der Waals surface area contributed by atoms with Crippen molar-refractivity contribution in [1.29, 1.82) is 0 Å². The van der Waals surface area contributed by atoms with Gasteiger partial charge in [0.2, 0.25) is 0 Å². The predicted octanol–water partition coefficient (Wildman–Crippen LogP) is 5.22. The molecule has 0 spiro atoms. The molecule has 1 nitrogen and oxygen atoms in total. The Labute approximate surface area is 136 Å². The van der Waals surface area contributed by atoms with Gasteiger partial charge in [0.05, 0.1) is 2.88 Å². The fourth-order valence-electron chi connectivity index (χ4n) is 2.84. The van der Waals surface area contributed by atoms with Crippen LogP contribution in [0.3, 0.4) is 0 Å². The maximum atomic E-state index is 13.0. The summed E-state index contributed by atoms with van der Waals surface area (Å²) in [6, 6.07) is 9.79. The van der Waals surface area contributed by atoms with E-state index in [0.717, 1.165) is 5.56 Å². The molecule has 2 atom stereocenters. The lowest BCUT2D eigenvalue weighted by Gasteiger charge is -2.27. The number of hydrogen-bond acceptors (Lipinski definition) is 2. The molecule has 0 bridgehead atoms. The van der Waals surface area contributed by atoms with E-state index in [1.165, 1.54) is 44.7 Å². The van der Waals surface area contributed by atoms with Crippen LogP contribution < -0.4 is 5.32 Å². The van der Waals surface area contributed by atoms with Crippen molar-refractivity contribution in [3.8, 4) is 0 Å². The smallest absolute Gasteiger partial charge is 0.123 e. The van der Waals surface area contributed by atoms with E-state index in [1.54, 1.807) is 0 Å². The Morgan fingerprint density at radius 3 is 2.85 bits per heavy atom. The minimum atomic E-state index is -0.173. The SMILES string of the molecule is C[C@H](NC1CCCc2sc(I)cc21)c1ccc(F)cc1. The van der Waals surface area contributed by atoms with Crippen LogP contribution >= 0.6 is 33.9 Å². The van der Waals surface area contributed by atoms with Gasteiger partial charge < -0.3 is 5.32 Å². The zero-order chi connectivity index (χ0) is 14.1. The number of rotatable bonds is 3. The van der Waals surface area contributed by atoms with Crippen LogP contribution in [0.4, 0.5) is 4.39 Å². The van der Waals surface area contributed by atoms with E-state index in [1.807, 2.05) is 23.5 Å². The summed E-state index contributed by atoms with van der Waals surface area (Å²) in [6.07, 6.45) is 3.65. The maximum absolute atomic E-state index is 13.0. The molecule has 20 heavy (non-hydrogen) atoms. The third kappa shape index (κ3) is 3.07. The van der Waals surface area contributed by atoms with E-state index < -0.39 is 0 Å². The van der Waals surface area contributed by atoms with Crippen molar-refractivity contribution >= 4 is 33.9 Å². The average molecular weight is 401 g/mol. The number of halogens is 2. The Balaban J connectivity index is 1.76. The molecule has 0 amide bonds. The monoisotopic (exact) mass is 401 g/mol. The van der Waals surface area contributed by atoms with Crippen LogP contribution in [0, 0.1) is 8.70 Å². The molecular weight excluding hydrogens is 384 g/mol. The van der Waals surface area contributed by atoms with Crippen LogP contribution in [0.15, 0.2) is 30.3 Å². The van der Waals surface area contributed by atoms with E-state index in [2.05, 4.69) is 40.9 Å². The molecular formula is C16H17FINS. The highest BCUT2D eigenvalue weighted by atomic mass is 127. The number of aryl methyl sites for hydroxylation is 1. The molecule has 1 aromatic carbocycles. The Morgan fingerprint density at radius 1 is 1.35 bits per heavy atom. The second-order valence-corrected chi connectivity index (χ2v) is 8.34. The van der Waals surface area contributed by atoms with Gasteiger partial charge in [-0.2, -0.15) is 0 Å². The fraction of sp³-hybridized carbons (Fsp3) is 0.375. The molecule has 1 aliphatic rings. The summed E-state index contributed by atoms with van der Waals surface area (Å²) in [7, 11) is 0. The summed E-state index contributed by atoms with van der Waals surface area (Å²) in [5, 5.41) is 3.70. The molecule has 0 saturated heterocycles. The van der Waals surface area contributed by atoms with Gasteiger partial charge in [-0.3, -0.25) is 0 Å². The third-order valence-electron chi connectivity index (χ3n) is 3.90. The van der Waals surface area contributed by atoms with E-state index >= 15 is 0 Å². The van der Waals surface area contributed by atoms with Crippen molar-refractivity contribution in [3.63, 3.8) is 0 Å². The Bertz CT molecular complexity index is 593. The molecule has 2 aromatic rings. The van der Waals surface area contributed by atoms with Crippen LogP contribution in [0.5, 0.6) is 0 Å². The Hall–Kier alpha value is -0.460. The summed E-state index contributed by atoms with van der Waals surface area (Å²) in [4.78, 5) is 1.53. The van der Waals surface area contributed by atoms with Gasteiger partial charge in [-0.25, -0.2) is 4.39 Å². The van der Waals surface area contributed by atoms with Gasteiger partial charge in [0.25, 0.3) is 0 Å². The van der Waals surface area contributed by atoms with Crippen LogP contribution in [-0.2, 0) is 6.42 Å². The highest BCUT2D eigenvalue weighted by molar-refractivity contribution is 14.1. The first-order chi connectivity index (χ1) is 9.63. The maximum Gasteiger partial charge on any atom is 0.123 e. The summed E-state index contributed by atoms with van der Waals surface area (Å²) in [5.41, 5.74) is 2.61. The number of thiophene rings is 1. The van der Waals surface area contributed by atoms with Crippen LogP contribution in [0.1, 0.15) is 47.9 Å². The van der Waals surface area contributed by atoms with Gasteiger partial charge in [0.15, 0.2) is 0 Å². The lowest BCUT2D eigenvalue weighted by Crippen LogP contribution is -2.27. The van der Waals surface area contributed by atoms with Crippen molar-refractivity contribution in [2.75, 3.05) is 0 Å². The normalized spacial score (nSPS) is 19.6. The zero-order valence-electron chi connectivity index (χ0n) is 11.3. The Morgan fingerprint density at radius 2 is 2.10 bits per heavy atom. The second-order valence-electron chi connectivity index (χ2n) is 5.31. The number of benzene rings is 1. The van der Waals surface area contributed by atoms with E-state index in [0.29, 0.717) is 6.04 Å². The molecule has 0 saturated carbocycles. The van der Waals surface area contributed by atoms with Crippen molar-refractivity contribution < 1.29 is 4.39 Å². The molecule has 0 fully saturated rings. The molecule has 3 rings (SSSR count). The molecule has 4 heteroatoms. The zero-order valence-corrected chi connectivity index (χ0v) is 14.3. The molecule has 106 valence electrons. The topological polar surface area (TPSA) is 12.0 Å². The first-order valence-electron chi connectivity index (χ1n) is 6.93. The molecule has 1 aromatic heterocycles. The predicted molar refractivity (Wildman–Crippen MR) is 90.7 cm³/mol. The van der Waals surface area contributed by atoms with Gasteiger partial charge in [-0.05, 0) is 78.1 Å². The molecule has 1 heterocycles. The number of fused-ring (bicyclic) bond motifs is 1. The lowest BCUT2D eigenvalue weighted by molar-refractivity contribution is 0.418. The van der Waals surface area contributed by atoms with E-state index in [4.69, 9.17) is 0 Å². The highest BCUT2D eigenvalue weighted by Gasteiger charge is 2.24. The van der Waals surface area contributed by atoms with Crippen molar-refractivity contribution in [1.82, 2.24) is 5.32 Å². The van der Waals surface area contributed by atoms with Crippen LogP contribution in [0.25, 0.3) is 0 Å². The number of hydrogen-bond donors (Lipinski definition) is 1. The molecule has 1 aliphatic carbocycles. The Kier molecular flexibility index (Phi) is 4.43. The van der Waals surface area contributed by atoms with Gasteiger partial charge in [0.1, 0.15) is 5.82 Å². The lowest BCUT2D eigenvalue weighted by atomic mass is 9.93. The van der Waals surface area contributed by atoms with Gasteiger partial charge in [0, 0.05) is 17.0 Å². The van der Waals surface area contributed by atoms with Crippen molar-refractivity contribution in [3.05, 3.63) is 55.0 Å². The van der Waals surface area contributed by atoms with Crippen LogP contribution in [-0.4, -0.2) is 0 Å². The second kappa shape index (κ2) is 6.12. The first-order valence-corrected chi connectivity index (χ1v) is 8.82. The molecule has 1 unspecified atom stereocenters. The van der Waals surface area contributed by atoms with Gasteiger partial charge >= 0.3 is 0 Å². The minimum Gasteiger partial charge on any atom is -0.303 e. The van der Waals surface area contributed by atoms with Crippen LogP contribution in [0.2, 0.25) is 0 Å². The fourth-order valence-corrected chi connectivity index (χ4v) is 4.96. The van der Waals surface area contributed by atoms with E-state index in [9.17, 15) is 4.39 Å². The largest absolute Gasteiger partial charge is 0.303 e. The summed E-state index contributed by atoms with van der Waals surface area (Å²) >= 11 is 4.32. The van der Waals surface area contributed by atoms with Crippen molar-refractivity contribution in [2.24, 2.45) is 0 Å². The summed E-state index contributed by atoms with van der Waals surface area (Å²) in [5.74, 6) is -0.173. The summed E-state index contributed by atoms with van der Waals surface area (Å²) < 4.78 is 14.4. The quantitative estimate of drug-likeness (QED) is 0.696. The van der Waals surface area contributed by atoms with Crippen molar-refractivity contribution in [2.45, 2.75) is 38.3 Å². The molecule has 1 N–H and O–H groups in total. The summed E-state index contributed by atoms with van der Waals surface area (Å²) in [6.45, 7) is 2.15. The van der Waals surface area contributed by atoms with Gasteiger partial charge in [-0.1, -0.05) is 12.1 Å². The molecule has 0 aliphatic heterocycles. The first kappa shape index (κ1) is 14.5. The number of nitrogens with one attached hydrogen (secondary N) is 1. The minimum absolute atomic E-state index is 0.173. The highest BCUT2D eigenvalue weighted by Crippen LogP contribution is 2.37. The third-order valence-corrected chi connectivity index (χ3v) is 5.88. The van der Waals surface area contributed by atoms with E-state index in [-0.39, 0.29) is 11.9 Å². The van der Waals surface area contributed by atoms with Gasteiger partial charge in [-0.15, -0.1) is 11.3 Å². The average Bonchev–Trinajstić information content (AvgIpc) is 2.81. The standard InChI is InChI=1S/C16H17FINS/c1-10(11-5-7-12(17)8-6-11)19-14-3-2-4-15-13(14)9-16(18)20-15/h5-10,14,19H,2-4H2,1H3/t10-,14?/m0/s1. The molecule has 0 radical (unpaired) electrons.